The number of oxime groups is 1. The summed E-state index contributed by atoms with van der Waals surface area (Å²) in [6, 6.07) is -0.932. The van der Waals surface area contributed by atoms with E-state index in [1.165, 1.54) is 23.8 Å². The Morgan fingerprint density at radius 3 is 2.68 bits per heavy atom. The molecule has 2 fully saturated rings. The average Bonchev–Trinajstić information content (AvgIpc) is 3.56. The topological polar surface area (TPSA) is 172 Å². The van der Waals surface area contributed by atoms with Crippen molar-refractivity contribution in [3.8, 4) is 0 Å². The number of anilines is 1. The maximum atomic E-state index is 13.3. The van der Waals surface area contributed by atoms with E-state index < -0.39 is 47.4 Å². The van der Waals surface area contributed by atoms with Crippen molar-refractivity contribution < 1.29 is 38.2 Å². The Balaban J connectivity index is 1.50. The van der Waals surface area contributed by atoms with Crippen molar-refractivity contribution in [2.75, 3.05) is 32.0 Å². The summed E-state index contributed by atoms with van der Waals surface area (Å²) in [6.07, 6.45) is 1.19. The minimum atomic E-state index is -0.932. The maximum absolute atomic E-state index is 13.3. The van der Waals surface area contributed by atoms with Crippen LogP contribution < -0.4 is 11.1 Å². The molecule has 0 radical (unpaired) electrons. The van der Waals surface area contributed by atoms with Gasteiger partial charge in [-0.05, 0) is 39.2 Å². The number of carbonyl (C=O) groups excluding carboxylic acids is 4. The van der Waals surface area contributed by atoms with Gasteiger partial charge in [-0.2, -0.15) is 0 Å². The van der Waals surface area contributed by atoms with E-state index in [9.17, 15) is 19.2 Å². The first-order valence-corrected chi connectivity index (χ1v) is 13.7. The molecule has 0 aliphatic carbocycles. The molecule has 3 N–H and O–H groups in total. The summed E-state index contributed by atoms with van der Waals surface area (Å²) < 4.78 is 16.1. The molecule has 3 atom stereocenters. The third-order valence-electron chi connectivity index (χ3n) is 5.95. The van der Waals surface area contributed by atoms with E-state index in [0.29, 0.717) is 24.4 Å². The summed E-state index contributed by atoms with van der Waals surface area (Å²) >= 11 is 2.52. The van der Waals surface area contributed by atoms with Gasteiger partial charge in [0, 0.05) is 17.7 Å². The molecule has 0 bridgehead atoms. The van der Waals surface area contributed by atoms with Gasteiger partial charge in [0.25, 0.3) is 11.8 Å². The van der Waals surface area contributed by atoms with Gasteiger partial charge in [-0.15, -0.1) is 23.1 Å². The molecule has 2 saturated heterocycles. The molecule has 13 nitrogen and oxygen atoms in total. The van der Waals surface area contributed by atoms with Crippen molar-refractivity contribution in [1.82, 2.24) is 15.2 Å². The Labute approximate surface area is 227 Å². The minimum absolute atomic E-state index is 0.0565. The maximum Gasteiger partial charge on any atom is 0.358 e. The summed E-state index contributed by atoms with van der Waals surface area (Å²) in [4.78, 5) is 61.6. The van der Waals surface area contributed by atoms with Crippen LogP contribution in [0.4, 0.5) is 5.13 Å². The summed E-state index contributed by atoms with van der Waals surface area (Å²) in [6.45, 7) is 4.99. The zero-order chi connectivity index (χ0) is 27.6. The third-order valence-corrected chi connectivity index (χ3v) is 7.93. The first-order valence-electron chi connectivity index (χ1n) is 11.8. The highest BCUT2D eigenvalue weighted by molar-refractivity contribution is 8.00. The molecule has 0 saturated carbocycles. The van der Waals surface area contributed by atoms with Crippen molar-refractivity contribution in [3.63, 3.8) is 0 Å². The fraction of sp³-hybridized carbons (Fsp3) is 0.565. The Morgan fingerprint density at radius 1 is 1.32 bits per heavy atom. The number of fused-ring (bicyclic) bond motifs is 1. The second-order valence-corrected chi connectivity index (χ2v) is 11.7. The van der Waals surface area contributed by atoms with Crippen LogP contribution in [-0.2, 0) is 38.2 Å². The van der Waals surface area contributed by atoms with Crippen molar-refractivity contribution in [1.29, 1.82) is 0 Å². The average molecular weight is 568 g/mol. The predicted octanol–water partition coefficient (Wildman–Crippen LogP) is 0.999. The Kier molecular flexibility index (Phi) is 8.28. The fourth-order valence-corrected chi connectivity index (χ4v) is 6.01. The number of esters is 2. The Bertz CT molecular complexity index is 1180. The lowest BCUT2D eigenvalue weighted by molar-refractivity contribution is -0.173. The van der Waals surface area contributed by atoms with Gasteiger partial charge in [0.1, 0.15) is 29.9 Å². The van der Waals surface area contributed by atoms with Gasteiger partial charge in [0.15, 0.2) is 10.8 Å². The number of carbonyl (C=O) groups is 4. The van der Waals surface area contributed by atoms with Gasteiger partial charge in [0.2, 0.25) is 6.79 Å². The van der Waals surface area contributed by atoms with Crippen LogP contribution in [0, 0.1) is 5.41 Å². The number of rotatable bonds is 8. The van der Waals surface area contributed by atoms with Gasteiger partial charge in [-0.3, -0.25) is 19.3 Å². The lowest BCUT2D eigenvalue weighted by Crippen LogP contribution is -2.71. The number of nitrogen functional groups attached to an aromatic ring is 1. The first kappa shape index (κ1) is 27.9. The van der Waals surface area contributed by atoms with Crippen LogP contribution in [0.2, 0.25) is 0 Å². The first-order chi connectivity index (χ1) is 18.0. The van der Waals surface area contributed by atoms with Crippen LogP contribution in [0.5, 0.6) is 0 Å². The number of hydrogen-bond donors (Lipinski definition) is 2. The zero-order valence-corrected chi connectivity index (χ0v) is 23.0. The molecule has 4 rings (SSSR count). The van der Waals surface area contributed by atoms with E-state index >= 15 is 0 Å². The summed E-state index contributed by atoms with van der Waals surface area (Å²) in [5.41, 5.74) is 5.67. The number of hydrogen-bond acceptors (Lipinski definition) is 13. The van der Waals surface area contributed by atoms with Crippen molar-refractivity contribution >= 4 is 57.7 Å². The molecular formula is C23H29N5O8S2. The van der Waals surface area contributed by atoms with Crippen LogP contribution in [0.3, 0.4) is 0 Å². The van der Waals surface area contributed by atoms with Gasteiger partial charge < -0.3 is 30.1 Å². The lowest BCUT2D eigenvalue weighted by Gasteiger charge is -2.50. The van der Waals surface area contributed by atoms with E-state index in [1.54, 1.807) is 26.2 Å². The molecule has 1 aromatic heterocycles. The molecule has 0 aromatic carbocycles. The van der Waals surface area contributed by atoms with Gasteiger partial charge in [0.05, 0.1) is 11.5 Å². The number of ether oxygens (including phenoxy) is 3. The summed E-state index contributed by atoms with van der Waals surface area (Å²) in [5, 5.41) is 7.63. The largest absolute Gasteiger partial charge is 0.427 e. The zero-order valence-electron chi connectivity index (χ0n) is 21.3. The van der Waals surface area contributed by atoms with Crippen LogP contribution in [0.1, 0.15) is 39.3 Å². The molecule has 4 heterocycles. The SMILES string of the molecule is CO/N=C(/C(=O)N[C@@H]1C(=O)N2C(C(=O)OCOC(=O)C(C)(C)C)=C([C@@H]3CCCO3)CS[C@H]12)c1csc(N)n1. The van der Waals surface area contributed by atoms with Gasteiger partial charge in [-0.1, -0.05) is 5.16 Å². The molecule has 1 aromatic rings. The number of amides is 2. The lowest BCUT2D eigenvalue weighted by atomic mass is 9.98. The van der Waals surface area contributed by atoms with Crippen LogP contribution in [-0.4, -0.2) is 83.1 Å². The smallest absolute Gasteiger partial charge is 0.358 e. The summed E-state index contributed by atoms with van der Waals surface area (Å²) in [7, 11) is 1.28. The number of nitrogens with two attached hydrogens (primary N) is 1. The summed E-state index contributed by atoms with van der Waals surface area (Å²) in [5.74, 6) is -2.13. The third kappa shape index (κ3) is 5.63. The van der Waals surface area contributed by atoms with Crippen molar-refractivity contribution in [2.45, 2.75) is 51.1 Å². The monoisotopic (exact) mass is 567 g/mol. The molecule has 3 aliphatic rings. The van der Waals surface area contributed by atoms with Crippen molar-refractivity contribution in [2.24, 2.45) is 10.6 Å². The van der Waals surface area contributed by atoms with Crippen LogP contribution >= 0.6 is 23.1 Å². The predicted molar refractivity (Wildman–Crippen MR) is 138 cm³/mol. The highest BCUT2D eigenvalue weighted by Crippen LogP contribution is 2.43. The van der Waals surface area contributed by atoms with E-state index in [0.717, 1.165) is 17.8 Å². The minimum Gasteiger partial charge on any atom is -0.427 e. The second kappa shape index (κ2) is 11.3. The molecule has 38 heavy (non-hydrogen) atoms. The molecule has 0 spiro atoms. The Hall–Kier alpha value is -3.17. The normalized spacial score (nSPS) is 23.5. The molecular weight excluding hydrogens is 538 g/mol. The van der Waals surface area contributed by atoms with Crippen LogP contribution in [0.25, 0.3) is 0 Å². The molecule has 15 heteroatoms. The van der Waals surface area contributed by atoms with E-state index in [4.69, 9.17) is 24.8 Å². The molecule has 0 unspecified atom stereocenters. The standard InChI is InChI=1S/C23H29N5O8S2/c1-23(2,3)21(32)36-10-35-20(31)16-11(13-6-5-7-34-13)8-37-19-15(18(30)28(16)19)26-17(29)14(27-33-4)12-9-38-22(24)25-12/h9,13,15,19H,5-8,10H2,1-4H3,(H2,24,25)(H,26,29)/b27-14+/t13-,15+,19+/m0/s1. The number of thiazole rings is 1. The van der Waals surface area contributed by atoms with Gasteiger partial charge in [-0.25, -0.2) is 9.78 Å². The molecule has 206 valence electrons. The van der Waals surface area contributed by atoms with Gasteiger partial charge >= 0.3 is 11.9 Å². The highest BCUT2D eigenvalue weighted by Gasteiger charge is 2.55. The highest BCUT2D eigenvalue weighted by atomic mass is 32.2. The van der Waals surface area contributed by atoms with E-state index in [2.05, 4.69) is 15.5 Å². The molecule has 2 amide bonds. The fourth-order valence-electron chi connectivity index (χ4n) is 4.05. The number of β-lactam (4-membered cyclic amide) rings is 1. The van der Waals surface area contributed by atoms with E-state index in [1.807, 2.05) is 0 Å². The Morgan fingerprint density at radius 2 is 2.08 bits per heavy atom. The van der Waals surface area contributed by atoms with E-state index in [-0.39, 0.29) is 28.3 Å². The number of nitrogens with zero attached hydrogens (tertiary/aromatic N) is 3. The number of thioether (sulfide) groups is 1. The van der Waals surface area contributed by atoms with Crippen molar-refractivity contribution in [3.05, 3.63) is 22.3 Å². The number of aromatic nitrogens is 1. The number of nitrogens with one attached hydrogen (secondary N) is 1. The second-order valence-electron chi connectivity index (χ2n) is 9.66. The quantitative estimate of drug-likeness (QED) is 0.151. The molecule has 3 aliphatic heterocycles. The van der Waals surface area contributed by atoms with Crippen LogP contribution in [0.15, 0.2) is 21.8 Å².